The van der Waals surface area contributed by atoms with Crippen molar-refractivity contribution >= 4 is 34.1 Å². The third-order valence-electron chi connectivity index (χ3n) is 2.57. The number of rotatable bonds is 3. The van der Waals surface area contributed by atoms with Crippen LogP contribution in [0.2, 0.25) is 0 Å². The average molecular weight is 331 g/mol. The van der Waals surface area contributed by atoms with Gasteiger partial charge in [0.15, 0.2) is 15.8 Å². The van der Waals surface area contributed by atoms with Crippen molar-refractivity contribution < 1.29 is 13.2 Å². The molecular formula is C12H15ClN4O3S. The monoisotopic (exact) mass is 330 g/mol. The van der Waals surface area contributed by atoms with Crippen molar-refractivity contribution in [3.8, 4) is 6.07 Å². The maximum absolute atomic E-state index is 11.9. The number of carbonyl (C=O) groups excluding carboxylic acids is 1. The molecule has 0 heterocycles. The minimum atomic E-state index is -3.64. The fourth-order valence-corrected chi connectivity index (χ4v) is 2.52. The van der Waals surface area contributed by atoms with Gasteiger partial charge in [-0.3, -0.25) is 4.79 Å². The second kappa shape index (κ2) is 7.06. The summed E-state index contributed by atoms with van der Waals surface area (Å²) in [4.78, 5) is 15.1. The zero-order valence-electron chi connectivity index (χ0n) is 11.5. The number of nitrogens with zero attached hydrogens (tertiary/aromatic N) is 2. The molecule has 1 aromatic carbocycles. The predicted molar refractivity (Wildman–Crippen MR) is 81.0 cm³/mol. The minimum Gasteiger partial charge on any atom is -0.370 e. The highest BCUT2D eigenvalue weighted by atomic mass is 35.5. The highest BCUT2D eigenvalue weighted by Crippen LogP contribution is 2.22. The molecule has 1 aromatic rings. The minimum absolute atomic E-state index is 0. The second-order valence-corrected chi connectivity index (χ2v) is 6.07. The highest BCUT2D eigenvalue weighted by Gasteiger charge is 2.20. The van der Waals surface area contributed by atoms with Crippen molar-refractivity contribution in [2.24, 2.45) is 16.5 Å². The predicted octanol–water partition coefficient (Wildman–Crippen LogP) is 0.360. The summed E-state index contributed by atoms with van der Waals surface area (Å²) in [6.45, 7) is 1.77. The molecule has 0 radical (unpaired) electrons. The normalized spacial score (nSPS) is 10.1. The molecule has 0 bridgehead atoms. The molecule has 0 saturated carbocycles. The van der Waals surface area contributed by atoms with E-state index in [1.54, 1.807) is 6.92 Å². The number of nitriles is 1. The summed E-state index contributed by atoms with van der Waals surface area (Å²) >= 11 is 0. The average Bonchev–Trinajstić information content (AvgIpc) is 2.34. The highest BCUT2D eigenvalue weighted by molar-refractivity contribution is 7.90. The Kier molecular flexibility index (Phi) is 6.35. The number of guanidine groups is 1. The van der Waals surface area contributed by atoms with Crippen molar-refractivity contribution in [1.82, 2.24) is 0 Å². The van der Waals surface area contributed by atoms with Crippen molar-refractivity contribution in [3.63, 3.8) is 0 Å². The topological polar surface area (TPSA) is 139 Å². The van der Waals surface area contributed by atoms with Gasteiger partial charge in [0.1, 0.15) is 6.07 Å². The quantitative estimate of drug-likeness (QED) is 0.605. The summed E-state index contributed by atoms with van der Waals surface area (Å²) in [7, 11) is -3.64. The van der Waals surface area contributed by atoms with Gasteiger partial charge in [-0.1, -0.05) is 6.92 Å². The molecule has 0 aliphatic heterocycles. The number of nitrogens with two attached hydrogens (primary N) is 2. The zero-order chi connectivity index (χ0) is 15.5. The van der Waals surface area contributed by atoms with E-state index in [0.717, 1.165) is 12.3 Å². The molecular weight excluding hydrogens is 316 g/mol. The fourth-order valence-electron chi connectivity index (χ4n) is 1.69. The molecule has 0 atom stereocenters. The lowest BCUT2D eigenvalue weighted by atomic mass is 10.0. The SMILES string of the molecule is CCc1cc(C#N)c(S(C)(=O)=O)cc1C(=O)N=C(N)N.Cl. The summed E-state index contributed by atoms with van der Waals surface area (Å²) in [5.74, 6) is -1.15. The molecule has 1 amide bonds. The van der Waals surface area contributed by atoms with Crippen LogP contribution in [0.1, 0.15) is 28.4 Å². The Bertz CT molecular complexity index is 732. The first kappa shape index (κ1) is 18.9. The van der Waals surface area contributed by atoms with Crippen LogP contribution in [0.15, 0.2) is 22.0 Å². The maximum atomic E-state index is 11.9. The first-order chi connectivity index (χ1) is 9.20. The molecule has 0 aromatic heterocycles. The third kappa shape index (κ3) is 4.44. The van der Waals surface area contributed by atoms with Gasteiger partial charge < -0.3 is 11.5 Å². The van der Waals surface area contributed by atoms with Gasteiger partial charge in [0.25, 0.3) is 5.91 Å². The lowest BCUT2D eigenvalue weighted by molar-refractivity contribution is 0.100. The summed E-state index contributed by atoms with van der Waals surface area (Å²) in [6.07, 6.45) is 1.39. The van der Waals surface area contributed by atoms with Crippen molar-refractivity contribution in [2.45, 2.75) is 18.2 Å². The Morgan fingerprint density at radius 3 is 2.33 bits per heavy atom. The summed E-state index contributed by atoms with van der Waals surface area (Å²) in [6, 6.07) is 4.32. The Balaban J connectivity index is 0.00000400. The van der Waals surface area contributed by atoms with Gasteiger partial charge in [0.05, 0.1) is 10.5 Å². The molecule has 9 heteroatoms. The molecule has 114 valence electrons. The van der Waals surface area contributed by atoms with Crippen molar-refractivity contribution in [2.75, 3.05) is 6.26 Å². The van der Waals surface area contributed by atoms with Crippen LogP contribution >= 0.6 is 12.4 Å². The van der Waals surface area contributed by atoms with Crippen LogP contribution < -0.4 is 11.5 Å². The number of halogens is 1. The standard InChI is InChI=1S/C12H14N4O3S.ClH/c1-3-7-4-8(6-13)10(20(2,18)19)5-9(7)11(17)16-12(14)15;/h4-5H,3H2,1-2H3,(H4,14,15,16,17);1H. The van der Waals surface area contributed by atoms with Gasteiger partial charge in [-0.15, -0.1) is 12.4 Å². The number of benzene rings is 1. The molecule has 0 saturated heterocycles. The lowest BCUT2D eigenvalue weighted by Gasteiger charge is -2.09. The molecule has 21 heavy (non-hydrogen) atoms. The van der Waals surface area contributed by atoms with E-state index in [9.17, 15) is 13.2 Å². The molecule has 7 nitrogen and oxygen atoms in total. The molecule has 0 aliphatic carbocycles. The van der Waals surface area contributed by atoms with Crippen LogP contribution in [0, 0.1) is 11.3 Å². The van der Waals surface area contributed by atoms with Gasteiger partial charge >= 0.3 is 0 Å². The van der Waals surface area contributed by atoms with Crippen LogP contribution in [0.4, 0.5) is 0 Å². The number of amides is 1. The van der Waals surface area contributed by atoms with E-state index >= 15 is 0 Å². The number of aliphatic imine (C=N–C) groups is 1. The van der Waals surface area contributed by atoms with Gasteiger partial charge in [0, 0.05) is 11.8 Å². The van der Waals surface area contributed by atoms with E-state index in [0.29, 0.717) is 12.0 Å². The van der Waals surface area contributed by atoms with Gasteiger partial charge in [-0.05, 0) is 24.1 Å². The first-order valence-corrected chi connectivity index (χ1v) is 7.50. The zero-order valence-corrected chi connectivity index (χ0v) is 13.1. The lowest BCUT2D eigenvalue weighted by Crippen LogP contribution is -2.24. The molecule has 4 N–H and O–H groups in total. The van der Waals surface area contributed by atoms with Crippen LogP contribution in [-0.4, -0.2) is 26.5 Å². The van der Waals surface area contributed by atoms with E-state index in [1.807, 2.05) is 6.07 Å². The number of sulfone groups is 1. The Morgan fingerprint density at radius 2 is 1.95 bits per heavy atom. The van der Waals surface area contributed by atoms with E-state index in [1.165, 1.54) is 6.07 Å². The number of hydrogen-bond donors (Lipinski definition) is 2. The molecule has 0 aliphatic rings. The van der Waals surface area contributed by atoms with E-state index < -0.39 is 21.7 Å². The summed E-state index contributed by atoms with van der Waals surface area (Å²) < 4.78 is 23.3. The maximum Gasteiger partial charge on any atom is 0.280 e. The molecule has 1 rings (SSSR count). The molecule has 0 unspecified atom stereocenters. The Morgan fingerprint density at radius 1 is 1.38 bits per heavy atom. The Hall–Kier alpha value is -2.11. The van der Waals surface area contributed by atoms with Crippen LogP contribution in [0.5, 0.6) is 0 Å². The van der Waals surface area contributed by atoms with Gasteiger partial charge in [-0.25, -0.2) is 8.42 Å². The number of carbonyl (C=O) groups is 1. The van der Waals surface area contributed by atoms with Gasteiger partial charge in [-0.2, -0.15) is 10.3 Å². The van der Waals surface area contributed by atoms with Crippen molar-refractivity contribution in [3.05, 3.63) is 28.8 Å². The third-order valence-corrected chi connectivity index (χ3v) is 3.70. The number of hydrogen-bond acceptors (Lipinski definition) is 4. The largest absolute Gasteiger partial charge is 0.370 e. The van der Waals surface area contributed by atoms with Crippen molar-refractivity contribution in [1.29, 1.82) is 5.26 Å². The van der Waals surface area contributed by atoms with E-state index in [4.69, 9.17) is 16.7 Å². The van der Waals surface area contributed by atoms with Gasteiger partial charge in [0.2, 0.25) is 0 Å². The number of aryl methyl sites for hydroxylation is 1. The summed E-state index contributed by atoms with van der Waals surface area (Å²) in [5, 5.41) is 9.01. The molecule has 0 fully saturated rings. The van der Waals surface area contributed by atoms with Crippen LogP contribution in [-0.2, 0) is 16.3 Å². The molecule has 0 spiro atoms. The van der Waals surface area contributed by atoms with E-state index in [-0.39, 0.29) is 28.4 Å². The fraction of sp³-hybridized carbons (Fsp3) is 0.250. The van der Waals surface area contributed by atoms with Crippen LogP contribution in [0.3, 0.4) is 0 Å². The first-order valence-electron chi connectivity index (χ1n) is 5.61. The smallest absolute Gasteiger partial charge is 0.280 e. The van der Waals surface area contributed by atoms with E-state index in [2.05, 4.69) is 4.99 Å². The van der Waals surface area contributed by atoms with Crippen LogP contribution in [0.25, 0.3) is 0 Å². The Labute approximate surface area is 129 Å². The second-order valence-electron chi connectivity index (χ2n) is 4.08. The summed E-state index contributed by atoms with van der Waals surface area (Å²) in [5.41, 5.74) is 10.8.